The molecule has 2 N–H and O–H groups in total. The molecule has 1 aliphatic heterocycles. The molecule has 1 spiro atoms. The molecule has 0 atom stereocenters. The van der Waals surface area contributed by atoms with Gasteiger partial charge in [0.25, 0.3) is 0 Å². The third-order valence-electron chi connectivity index (χ3n) is 4.06. The Morgan fingerprint density at radius 3 is 2.53 bits per heavy atom. The summed E-state index contributed by atoms with van der Waals surface area (Å²) in [5, 5.41) is 7.40. The Morgan fingerprint density at radius 2 is 1.76 bits per heavy atom. The van der Waals surface area contributed by atoms with Crippen molar-refractivity contribution in [3.8, 4) is 0 Å². The van der Waals surface area contributed by atoms with Crippen molar-refractivity contribution < 1.29 is 0 Å². The number of hydrogen-bond donors (Lipinski definition) is 2. The molecule has 92 valence electrons. The summed E-state index contributed by atoms with van der Waals surface area (Å²) in [5.74, 6) is 0. The van der Waals surface area contributed by atoms with Gasteiger partial charge >= 0.3 is 0 Å². The molecule has 2 nitrogen and oxygen atoms in total. The predicted molar refractivity (Wildman–Crippen MR) is 76.7 cm³/mol. The van der Waals surface area contributed by atoms with E-state index in [0.29, 0.717) is 5.54 Å². The minimum Gasteiger partial charge on any atom is -0.381 e. The highest BCUT2D eigenvalue weighted by atomic mass is 79.9. The lowest BCUT2D eigenvalue weighted by atomic mass is 9.88. The zero-order chi connectivity index (χ0) is 11.7. The van der Waals surface area contributed by atoms with Gasteiger partial charge in [-0.3, -0.25) is 0 Å². The summed E-state index contributed by atoms with van der Waals surface area (Å²) in [7, 11) is 0. The van der Waals surface area contributed by atoms with E-state index < -0.39 is 0 Å². The van der Waals surface area contributed by atoms with Gasteiger partial charge in [0, 0.05) is 11.0 Å². The van der Waals surface area contributed by atoms with Crippen LogP contribution in [-0.4, -0.2) is 12.1 Å². The third kappa shape index (κ3) is 2.30. The first-order valence-electron chi connectivity index (χ1n) is 6.59. The monoisotopic (exact) mass is 294 g/mol. The molecular formula is C14H19BrN2. The molecule has 0 radical (unpaired) electrons. The lowest BCUT2D eigenvalue weighted by molar-refractivity contribution is 0.423. The topological polar surface area (TPSA) is 24.1 Å². The van der Waals surface area contributed by atoms with Crippen molar-refractivity contribution >= 4 is 27.3 Å². The van der Waals surface area contributed by atoms with E-state index in [0.717, 1.165) is 11.0 Å². The van der Waals surface area contributed by atoms with Crippen molar-refractivity contribution in [2.75, 3.05) is 17.2 Å². The number of hydrogen-bond acceptors (Lipinski definition) is 2. The van der Waals surface area contributed by atoms with E-state index in [1.54, 1.807) is 0 Å². The summed E-state index contributed by atoms with van der Waals surface area (Å²) in [6.07, 6.45) is 8.12. The summed E-state index contributed by atoms with van der Waals surface area (Å²) in [6.45, 7) is 1.07. The molecule has 0 unspecified atom stereocenters. The van der Waals surface area contributed by atoms with E-state index in [9.17, 15) is 0 Å². The predicted octanol–water partition coefficient (Wildman–Crippen LogP) is 4.38. The van der Waals surface area contributed by atoms with Gasteiger partial charge in [-0.15, -0.1) is 0 Å². The van der Waals surface area contributed by atoms with Crippen LogP contribution in [0.25, 0.3) is 0 Å². The largest absolute Gasteiger partial charge is 0.381 e. The fourth-order valence-electron chi connectivity index (χ4n) is 3.07. The van der Waals surface area contributed by atoms with Crippen molar-refractivity contribution in [3.05, 3.63) is 22.7 Å². The van der Waals surface area contributed by atoms with Gasteiger partial charge < -0.3 is 10.6 Å². The molecule has 17 heavy (non-hydrogen) atoms. The number of fused-ring (bicyclic) bond motifs is 1. The van der Waals surface area contributed by atoms with Crippen LogP contribution in [0.1, 0.15) is 38.5 Å². The molecule has 0 saturated heterocycles. The lowest BCUT2D eigenvalue weighted by Crippen LogP contribution is -2.47. The lowest BCUT2D eigenvalue weighted by Gasteiger charge is -2.40. The minimum absolute atomic E-state index is 0.303. The van der Waals surface area contributed by atoms with Gasteiger partial charge in [0.15, 0.2) is 0 Å². The fraction of sp³-hybridized carbons (Fsp3) is 0.571. The molecular weight excluding hydrogens is 276 g/mol. The molecule has 1 aliphatic carbocycles. The first kappa shape index (κ1) is 11.4. The maximum Gasteiger partial charge on any atom is 0.0588 e. The summed E-state index contributed by atoms with van der Waals surface area (Å²) in [5.41, 5.74) is 2.80. The van der Waals surface area contributed by atoms with Gasteiger partial charge in [0.1, 0.15) is 0 Å². The average Bonchev–Trinajstić information content (AvgIpc) is 2.56. The number of benzene rings is 1. The maximum absolute atomic E-state index is 3.80. The standard InChI is InChI=1S/C14H19BrN2/c15-11-5-6-12-13(9-11)16-10-14(17-12)7-3-1-2-4-8-14/h5-6,9,16-17H,1-4,7-8,10H2. The Labute approximate surface area is 111 Å². The van der Waals surface area contributed by atoms with Gasteiger partial charge in [0.05, 0.1) is 16.9 Å². The van der Waals surface area contributed by atoms with Crippen molar-refractivity contribution in [2.24, 2.45) is 0 Å². The minimum atomic E-state index is 0.303. The van der Waals surface area contributed by atoms with E-state index in [1.165, 1.54) is 49.9 Å². The number of anilines is 2. The van der Waals surface area contributed by atoms with Crippen LogP contribution in [0, 0.1) is 0 Å². The molecule has 1 fully saturated rings. The van der Waals surface area contributed by atoms with E-state index in [2.05, 4.69) is 44.8 Å². The summed E-state index contributed by atoms with van der Waals surface area (Å²) >= 11 is 3.52. The second kappa shape index (κ2) is 4.52. The summed E-state index contributed by atoms with van der Waals surface area (Å²) in [6, 6.07) is 6.45. The smallest absolute Gasteiger partial charge is 0.0588 e. The van der Waals surface area contributed by atoms with E-state index in [1.807, 2.05) is 0 Å². The normalized spacial score (nSPS) is 22.2. The van der Waals surface area contributed by atoms with E-state index >= 15 is 0 Å². The Morgan fingerprint density at radius 1 is 1.00 bits per heavy atom. The maximum atomic E-state index is 3.80. The van der Waals surface area contributed by atoms with Crippen LogP contribution in [0.2, 0.25) is 0 Å². The van der Waals surface area contributed by atoms with E-state index in [4.69, 9.17) is 0 Å². The molecule has 1 aromatic rings. The third-order valence-corrected chi connectivity index (χ3v) is 4.55. The molecule has 2 aliphatic rings. The fourth-order valence-corrected chi connectivity index (χ4v) is 3.43. The van der Waals surface area contributed by atoms with Gasteiger partial charge in [0.2, 0.25) is 0 Å². The van der Waals surface area contributed by atoms with Gasteiger partial charge in [-0.1, -0.05) is 41.6 Å². The van der Waals surface area contributed by atoms with E-state index in [-0.39, 0.29) is 0 Å². The van der Waals surface area contributed by atoms with Crippen molar-refractivity contribution in [1.29, 1.82) is 0 Å². The van der Waals surface area contributed by atoms with Crippen LogP contribution in [0.4, 0.5) is 11.4 Å². The molecule has 0 bridgehead atoms. The second-order valence-electron chi connectivity index (χ2n) is 5.36. The van der Waals surface area contributed by atoms with Crippen molar-refractivity contribution in [3.63, 3.8) is 0 Å². The Bertz CT molecular complexity index is 409. The molecule has 3 rings (SSSR count). The van der Waals surface area contributed by atoms with Gasteiger partial charge in [-0.05, 0) is 31.0 Å². The van der Waals surface area contributed by atoms with Crippen LogP contribution in [-0.2, 0) is 0 Å². The number of nitrogens with one attached hydrogen (secondary N) is 2. The Balaban J connectivity index is 1.85. The Kier molecular flexibility index (Phi) is 3.03. The quantitative estimate of drug-likeness (QED) is 0.742. The van der Waals surface area contributed by atoms with Crippen LogP contribution in [0.3, 0.4) is 0 Å². The highest BCUT2D eigenvalue weighted by Gasteiger charge is 2.33. The van der Waals surface area contributed by atoms with Crippen molar-refractivity contribution in [1.82, 2.24) is 0 Å². The van der Waals surface area contributed by atoms with Crippen LogP contribution in [0.15, 0.2) is 22.7 Å². The second-order valence-corrected chi connectivity index (χ2v) is 6.28. The highest BCUT2D eigenvalue weighted by Crippen LogP contribution is 2.38. The molecule has 0 amide bonds. The number of halogens is 1. The highest BCUT2D eigenvalue weighted by molar-refractivity contribution is 9.10. The molecule has 1 heterocycles. The van der Waals surface area contributed by atoms with Crippen LogP contribution >= 0.6 is 15.9 Å². The van der Waals surface area contributed by atoms with Crippen LogP contribution in [0.5, 0.6) is 0 Å². The first-order valence-corrected chi connectivity index (χ1v) is 7.38. The number of rotatable bonds is 0. The average molecular weight is 295 g/mol. The van der Waals surface area contributed by atoms with Gasteiger partial charge in [-0.2, -0.15) is 0 Å². The molecule has 3 heteroatoms. The molecule has 1 aromatic carbocycles. The zero-order valence-corrected chi connectivity index (χ0v) is 11.6. The van der Waals surface area contributed by atoms with Crippen molar-refractivity contribution in [2.45, 2.75) is 44.1 Å². The van der Waals surface area contributed by atoms with Gasteiger partial charge in [-0.25, -0.2) is 0 Å². The Hall–Kier alpha value is -0.700. The first-order chi connectivity index (χ1) is 8.27. The SMILES string of the molecule is Brc1ccc2c(c1)NCC1(CCCCCC1)N2. The zero-order valence-electron chi connectivity index (χ0n) is 10.1. The van der Waals surface area contributed by atoms with Crippen LogP contribution < -0.4 is 10.6 Å². The summed E-state index contributed by atoms with van der Waals surface area (Å²) in [4.78, 5) is 0. The summed E-state index contributed by atoms with van der Waals surface area (Å²) < 4.78 is 1.14. The molecule has 1 saturated carbocycles. The molecule has 0 aromatic heterocycles.